The summed E-state index contributed by atoms with van der Waals surface area (Å²) < 4.78 is 10.1. The van der Waals surface area contributed by atoms with E-state index in [0.29, 0.717) is 13.0 Å². The van der Waals surface area contributed by atoms with Gasteiger partial charge in [0.2, 0.25) is 0 Å². The van der Waals surface area contributed by atoms with Gasteiger partial charge < -0.3 is 14.8 Å². The molecular weight excluding hydrogens is 248 g/mol. The number of nitrogens with one attached hydrogen (secondary N) is 1. The Balaban J connectivity index is 2.76. The van der Waals surface area contributed by atoms with Crippen LogP contribution in [-0.2, 0) is 14.3 Å². The van der Waals surface area contributed by atoms with Crippen LogP contribution in [-0.4, -0.2) is 55.9 Å². The molecule has 1 aliphatic rings. The van der Waals surface area contributed by atoms with Gasteiger partial charge in [-0.05, 0) is 46.7 Å². The van der Waals surface area contributed by atoms with Crippen molar-refractivity contribution in [3.63, 3.8) is 0 Å². The van der Waals surface area contributed by atoms with Crippen molar-refractivity contribution in [3.8, 4) is 0 Å². The molecule has 0 bridgehead atoms. The van der Waals surface area contributed by atoms with Crippen molar-refractivity contribution < 1.29 is 19.1 Å². The lowest BCUT2D eigenvalue weighted by Crippen LogP contribution is -2.43. The second-order valence-electron chi connectivity index (χ2n) is 5.83. The summed E-state index contributed by atoms with van der Waals surface area (Å²) in [7, 11) is 3.18. The molecule has 2 unspecified atom stereocenters. The van der Waals surface area contributed by atoms with Gasteiger partial charge in [0.1, 0.15) is 11.6 Å². The molecule has 110 valence electrons. The van der Waals surface area contributed by atoms with E-state index in [1.165, 1.54) is 12.0 Å². The van der Waals surface area contributed by atoms with Crippen LogP contribution in [0.5, 0.6) is 0 Å². The number of likely N-dealkylation sites (tertiary alicyclic amines) is 1. The predicted molar refractivity (Wildman–Crippen MR) is 70.8 cm³/mol. The van der Waals surface area contributed by atoms with Crippen molar-refractivity contribution in [2.24, 2.45) is 5.92 Å². The van der Waals surface area contributed by atoms with Crippen LogP contribution in [0.4, 0.5) is 4.79 Å². The molecule has 0 aromatic heterocycles. The summed E-state index contributed by atoms with van der Waals surface area (Å²) >= 11 is 0. The maximum atomic E-state index is 12.1. The smallest absolute Gasteiger partial charge is 0.411 e. The van der Waals surface area contributed by atoms with E-state index in [-0.39, 0.29) is 11.9 Å². The maximum absolute atomic E-state index is 12.1. The summed E-state index contributed by atoms with van der Waals surface area (Å²) in [5, 5.41) is 3.06. The minimum absolute atomic E-state index is 0.238. The van der Waals surface area contributed by atoms with Crippen LogP contribution >= 0.6 is 0 Å². The lowest BCUT2D eigenvalue weighted by Gasteiger charge is -2.27. The highest BCUT2D eigenvalue weighted by Crippen LogP contribution is 2.25. The summed E-state index contributed by atoms with van der Waals surface area (Å²) in [6, 6.07) is -0.543. The molecule has 1 saturated heterocycles. The van der Waals surface area contributed by atoms with Crippen molar-refractivity contribution >= 4 is 12.1 Å². The number of hydrogen-bond donors (Lipinski definition) is 1. The molecule has 0 aromatic carbocycles. The third-order valence-corrected chi connectivity index (χ3v) is 2.98. The quantitative estimate of drug-likeness (QED) is 0.776. The first-order chi connectivity index (χ1) is 8.78. The average Bonchev–Trinajstić information content (AvgIpc) is 2.70. The average molecular weight is 272 g/mol. The number of esters is 1. The lowest BCUT2D eigenvalue weighted by atomic mass is 10.1. The largest absolute Gasteiger partial charge is 0.467 e. The Hall–Kier alpha value is -1.30. The molecule has 1 fully saturated rings. The molecule has 0 saturated carbocycles. The number of hydrogen-bond acceptors (Lipinski definition) is 5. The maximum Gasteiger partial charge on any atom is 0.411 e. The number of amides is 1. The highest BCUT2D eigenvalue weighted by atomic mass is 16.6. The standard InChI is InChI=1S/C13H24N2O4/c1-13(2,3)19-12(17)15-8-9(7-14-4)6-10(15)11(16)18-5/h9-10,14H,6-8H2,1-5H3. The zero-order valence-corrected chi connectivity index (χ0v) is 12.4. The molecule has 1 heterocycles. The Kier molecular flexibility index (Phi) is 5.17. The second-order valence-corrected chi connectivity index (χ2v) is 5.83. The third kappa shape index (κ3) is 4.38. The number of rotatable bonds is 3. The molecule has 6 heteroatoms. The van der Waals surface area contributed by atoms with Gasteiger partial charge in [0, 0.05) is 6.54 Å². The third-order valence-electron chi connectivity index (χ3n) is 2.98. The highest BCUT2D eigenvalue weighted by Gasteiger charge is 2.41. The fourth-order valence-corrected chi connectivity index (χ4v) is 2.24. The van der Waals surface area contributed by atoms with Gasteiger partial charge in [-0.25, -0.2) is 9.59 Å². The first-order valence-corrected chi connectivity index (χ1v) is 6.50. The molecule has 6 nitrogen and oxygen atoms in total. The van der Waals surface area contributed by atoms with E-state index >= 15 is 0 Å². The Morgan fingerprint density at radius 1 is 1.37 bits per heavy atom. The van der Waals surface area contributed by atoms with Crippen molar-refractivity contribution in [2.75, 3.05) is 27.2 Å². The van der Waals surface area contributed by atoms with E-state index in [1.54, 1.807) is 20.8 Å². The summed E-state index contributed by atoms with van der Waals surface area (Å²) in [6.07, 6.45) is 0.147. The van der Waals surface area contributed by atoms with Gasteiger partial charge in [0.25, 0.3) is 0 Å². The van der Waals surface area contributed by atoms with Crippen LogP contribution in [0, 0.1) is 5.92 Å². The van der Waals surface area contributed by atoms with Gasteiger partial charge in [-0.15, -0.1) is 0 Å². The van der Waals surface area contributed by atoms with Crippen molar-refractivity contribution in [1.82, 2.24) is 10.2 Å². The zero-order chi connectivity index (χ0) is 14.6. The molecule has 1 amide bonds. The molecule has 1 rings (SSSR count). The van der Waals surface area contributed by atoms with Gasteiger partial charge >= 0.3 is 12.1 Å². The molecule has 0 spiro atoms. The number of ether oxygens (including phenoxy) is 2. The fraction of sp³-hybridized carbons (Fsp3) is 0.846. The van der Waals surface area contributed by atoms with Crippen molar-refractivity contribution in [3.05, 3.63) is 0 Å². The van der Waals surface area contributed by atoms with Gasteiger partial charge in [0.15, 0.2) is 0 Å². The van der Waals surface area contributed by atoms with Gasteiger partial charge in [-0.1, -0.05) is 0 Å². The normalized spacial score (nSPS) is 23.3. The molecule has 2 atom stereocenters. The van der Waals surface area contributed by atoms with Crippen LogP contribution in [0.3, 0.4) is 0 Å². The molecule has 0 aliphatic carbocycles. The predicted octanol–water partition coefficient (Wildman–Crippen LogP) is 1.00. The zero-order valence-electron chi connectivity index (χ0n) is 12.4. The molecule has 0 radical (unpaired) electrons. The Morgan fingerprint density at radius 3 is 2.47 bits per heavy atom. The van der Waals surface area contributed by atoms with Crippen molar-refractivity contribution in [1.29, 1.82) is 0 Å². The SMILES string of the molecule is CNCC1CC(C(=O)OC)N(C(=O)OC(C)(C)C)C1. The van der Waals surface area contributed by atoms with E-state index < -0.39 is 17.7 Å². The second kappa shape index (κ2) is 6.23. The van der Waals surface area contributed by atoms with Crippen LogP contribution in [0.2, 0.25) is 0 Å². The van der Waals surface area contributed by atoms with Crippen LogP contribution in [0.15, 0.2) is 0 Å². The van der Waals surface area contributed by atoms with Crippen LogP contribution in [0.25, 0.3) is 0 Å². The Morgan fingerprint density at radius 2 is 2.00 bits per heavy atom. The summed E-state index contributed by atoms with van der Waals surface area (Å²) in [4.78, 5) is 25.3. The van der Waals surface area contributed by atoms with Crippen LogP contribution < -0.4 is 5.32 Å². The van der Waals surface area contributed by atoms with E-state index in [1.807, 2.05) is 7.05 Å². The lowest BCUT2D eigenvalue weighted by molar-refractivity contribution is -0.145. The molecular formula is C13H24N2O4. The Labute approximate surface area is 114 Å². The van der Waals surface area contributed by atoms with Gasteiger partial charge in [-0.2, -0.15) is 0 Å². The first-order valence-electron chi connectivity index (χ1n) is 6.50. The van der Waals surface area contributed by atoms with Crippen LogP contribution in [0.1, 0.15) is 27.2 Å². The molecule has 19 heavy (non-hydrogen) atoms. The number of methoxy groups -OCH3 is 1. The first kappa shape index (κ1) is 15.8. The van der Waals surface area contributed by atoms with E-state index in [4.69, 9.17) is 9.47 Å². The van der Waals surface area contributed by atoms with E-state index in [2.05, 4.69) is 5.32 Å². The Bertz CT molecular complexity index is 338. The van der Waals surface area contributed by atoms with E-state index in [9.17, 15) is 9.59 Å². The fourth-order valence-electron chi connectivity index (χ4n) is 2.24. The molecule has 0 aromatic rings. The van der Waals surface area contributed by atoms with Gasteiger partial charge in [-0.3, -0.25) is 4.90 Å². The summed E-state index contributed by atoms with van der Waals surface area (Å²) in [5.74, 6) is -0.147. The molecule has 1 aliphatic heterocycles. The number of carbonyl (C=O) groups excluding carboxylic acids is 2. The number of nitrogens with zero attached hydrogens (tertiary/aromatic N) is 1. The number of carbonyl (C=O) groups is 2. The van der Waals surface area contributed by atoms with Crippen molar-refractivity contribution in [2.45, 2.75) is 38.8 Å². The minimum Gasteiger partial charge on any atom is -0.467 e. The van der Waals surface area contributed by atoms with E-state index in [0.717, 1.165) is 6.54 Å². The summed E-state index contributed by atoms with van der Waals surface area (Å²) in [5.41, 5.74) is -0.571. The minimum atomic E-state index is -0.571. The molecule has 1 N–H and O–H groups in total. The van der Waals surface area contributed by atoms with Gasteiger partial charge in [0.05, 0.1) is 7.11 Å². The monoisotopic (exact) mass is 272 g/mol. The highest BCUT2D eigenvalue weighted by molar-refractivity contribution is 5.82. The summed E-state index contributed by atoms with van der Waals surface area (Å²) in [6.45, 7) is 6.68. The topological polar surface area (TPSA) is 67.9 Å².